The van der Waals surface area contributed by atoms with E-state index >= 15 is 0 Å². The average Bonchev–Trinajstić information content (AvgIpc) is 2.41. The molecule has 0 aliphatic heterocycles. The van der Waals surface area contributed by atoms with Gasteiger partial charge in [0.1, 0.15) is 0 Å². The second kappa shape index (κ2) is 5.69. The van der Waals surface area contributed by atoms with Gasteiger partial charge in [-0.25, -0.2) is 8.78 Å². The minimum absolute atomic E-state index is 0.250. The lowest BCUT2D eigenvalue weighted by Gasteiger charge is -2.14. The lowest BCUT2D eigenvalue weighted by Crippen LogP contribution is -2.09. The molecule has 0 fully saturated rings. The third kappa shape index (κ3) is 3.22. The Morgan fingerprint density at radius 3 is 2.53 bits per heavy atom. The second-order valence-electron chi connectivity index (χ2n) is 4.51. The highest BCUT2D eigenvalue weighted by Crippen LogP contribution is 2.19. The molecule has 0 atom stereocenters. The van der Waals surface area contributed by atoms with E-state index in [4.69, 9.17) is 0 Å². The standard InChI is InChI=1S/C15H16F2N2/c1-19(2)13-7-4-6-12(9-13)18-10-11-5-3-8-14(16)15(11)17/h3-9,18H,10H2,1-2H3. The summed E-state index contributed by atoms with van der Waals surface area (Å²) in [7, 11) is 3.90. The largest absolute Gasteiger partial charge is 0.381 e. The highest BCUT2D eigenvalue weighted by Gasteiger charge is 2.07. The Morgan fingerprint density at radius 2 is 1.79 bits per heavy atom. The van der Waals surface area contributed by atoms with Crippen molar-refractivity contribution >= 4 is 11.4 Å². The molecule has 100 valence electrons. The fourth-order valence-electron chi connectivity index (χ4n) is 1.78. The number of halogens is 2. The number of hydrogen-bond acceptors (Lipinski definition) is 2. The van der Waals surface area contributed by atoms with Crippen molar-refractivity contribution in [2.24, 2.45) is 0 Å². The molecule has 1 N–H and O–H groups in total. The van der Waals surface area contributed by atoms with Crippen LogP contribution in [-0.4, -0.2) is 14.1 Å². The molecule has 0 aliphatic rings. The quantitative estimate of drug-likeness (QED) is 0.905. The van der Waals surface area contributed by atoms with Crippen LogP contribution in [0.15, 0.2) is 42.5 Å². The maximum atomic E-state index is 13.5. The van der Waals surface area contributed by atoms with Gasteiger partial charge in [-0.1, -0.05) is 18.2 Å². The zero-order valence-electron chi connectivity index (χ0n) is 11.0. The SMILES string of the molecule is CN(C)c1cccc(NCc2cccc(F)c2F)c1. The summed E-state index contributed by atoms with van der Waals surface area (Å²) in [5.74, 6) is -1.61. The van der Waals surface area contributed by atoms with Gasteiger partial charge in [-0.15, -0.1) is 0 Å². The Morgan fingerprint density at radius 1 is 1.05 bits per heavy atom. The van der Waals surface area contributed by atoms with E-state index in [-0.39, 0.29) is 6.54 Å². The first-order valence-corrected chi connectivity index (χ1v) is 6.02. The monoisotopic (exact) mass is 262 g/mol. The van der Waals surface area contributed by atoms with Crippen molar-refractivity contribution in [1.82, 2.24) is 0 Å². The predicted molar refractivity (Wildman–Crippen MR) is 74.5 cm³/mol. The van der Waals surface area contributed by atoms with Crippen molar-refractivity contribution in [3.8, 4) is 0 Å². The van der Waals surface area contributed by atoms with Crippen LogP contribution in [0.5, 0.6) is 0 Å². The molecule has 0 amide bonds. The zero-order valence-corrected chi connectivity index (χ0v) is 11.0. The molecular formula is C15H16F2N2. The van der Waals surface area contributed by atoms with Crippen molar-refractivity contribution < 1.29 is 8.78 Å². The number of anilines is 2. The van der Waals surface area contributed by atoms with E-state index in [1.165, 1.54) is 6.07 Å². The molecule has 0 heterocycles. The average molecular weight is 262 g/mol. The Balaban J connectivity index is 2.10. The molecule has 0 aromatic heterocycles. The van der Waals surface area contributed by atoms with Crippen molar-refractivity contribution in [1.29, 1.82) is 0 Å². The Kier molecular flexibility index (Phi) is 4.00. The van der Waals surface area contributed by atoms with Crippen LogP contribution in [0.3, 0.4) is 0 Å². The molecule has 19 heavy (non-hydrogen) atoms. The number of rotatable bonds is 4. The van der Waals surface area contributed by atoms with Gasteiger partial charge in [0, 0.05) is 37.6 Å². The summed E-state index contributed by atoms with van der Waals surface area (Å²) < 4.78 is 26.6. The molecule has 2 aromatic carbocycles. The van der Waals surface area contributed by atoms with Gasteiger partial charge in [-0.3, -0.25) is 0 Å². The van der Waals surface area contributed by atoms with E-state index < -0.39 is 11.6 Å². The van der Waals surface area contributed by atoms with E-state index in [0.717, 1.165) is 17.4 Å². The fraction of sp³-hybridized carbons (Fsp3) is 0.200. The van der Waals surface area contributed by atoms with Crippen molar-refractivity contribution in [2.75, 3.05) is 24.3 Å². The number of nitrogens with one attached hydrogen (secondary N) is 1. The summed E-state index contributed by atoms with van der Waals surface area (Å²) in [4.78, 5) is 1.98. The van der Waals surface area contributed by atoms with Gasteiger partial charge < -0.3 is 10.2 Å². The number of hydrogen-bond donors (Lipinski definition) is 1. The third-order valence-corrected chi connectivity index (χ3v) is 2.88. The molecule has 0 saturated heterocycles. The van der Waals surface area contributed by atoms with Gasteiger partial charge in [0.05, 0.1) is 0 Å². The van der Waals surface area contributed by atoms with E-state index in [1.807, 2.05) is 43.3 Å². The van der Waals surface area contributed by atoms with Gasteiger partial charge in [-0.2, -0.15) is 0 Å². The third-order valence-electron chi connectivity index (χ3n) is 2.88. The summed E-state index contributed by atoms with van der Waals surface area (Å²) >= 11 is 0. The molecular weight excluding hydrogens is 246 g/mol. The minimum atomic E-state index is -0.818. The Hall–Kier alpha value is -2.10. The van der Waals surface area contributed by atoms with Gasteiger partial charge in [0.25, 0.3) is 0 Å². The van der Waals surface area contributed by atoms with Gasteiger partial charge in [0.15, 0.2) is 11.6 Å². The van der Waals surface area contributed by atoms with Crippen LogP contribution >= 0.6 is 0 Å². The first-order valence-electron chi connectivity index (χ1n) is 6.02. The molecule has 0 bridgehead atoms. The van der Waals surface area contributed by atoms with Crippen molar-refractivity contribution in [3.63, 3.8) is 0 Å². The molecule has 0 unspecified atom stereocenters. The molecule has 0 aliphatic carbocycles. The van der Waals surface area contributed by atoms with Gasteiger partial charge >= 0.3 is 0 Å². The smallest absolute Gasteiger partial charge is 0.163 e. The van der Waals surface area contributed by atoms with Crippen LogP contribution < -0.4 is 10.2 Å². The highest BCUT2D eigenvalue weighted by molar-refractivity contribution is 5.57. The normalized spacial score (nSPS) is 10.3. The molecule has 0 saturated carbocycles. The van der Waals surface area contributed by atoms with Crippen LogP contribution in [-0.2, 0) is 6.54 Å². The lowest BCUT2D eigenvalue weighted by molar-refractivity contribution is 0.500. The molecule has 4 heteroatoms. The summed E-state index contributed by atoms with van der Waals surface area (Å²) in [5.41, 5.74) is 2.23. The Bertz CT molecular complexity index is 568. The van der Waals surface area contributed by atoms with E-state index in [1.54, 1.807) is 6.07 Å². The fourth-order valence-corrected chi connectivity index (χ4v) is 1.78. The van der Waals surface area contributed by atoms with Crippen LogP contribution in [0.1, 0.15) is 5.56 Å². The molecule has 2 nitrogen and oxygen atoms in total. The minimum Gasteiger partial charge on any atom is -0.381 e. The topological polar surface area (TPSA) is 15.3 Å². The van der Waals surface area contributed by atoms with Crippen LogP contribution in [0.25, 0.3) is 0 Å². The van der Waals surface area contributed by atoms with Gasteiger partial charge in [0.2, 0.25) is 0 Å². The number of nitrogens with zero attached hydrogens (tertiary/aromatic N) is 1. The maximum absolute atomic E-state index is 13.5. The maximum Gasteiger partial charge on any atom is 0.163 e. The molecule has 0 radical (unpaired) electrons. The molecule has 0 spiro atoms. The first-order chi connectivity index (χ1) is 9.08. The first kappa shape index (κ1) is 13.3. The summed E-state index contributed by atoms with van der Waals surface area (Å²) in [6.45, 7) is 0.250. The summed E-state index contributed by atoms with van der Waals surface area (Å²) in [5, 5.41) is 3.09. The summed E-state index contributed by atoms with van der Waals surface area (Å²) in [6.07, 6.45) is 0. The number of benzene rings is 2. The van der Waals surface area contributed by atoms with Crippen molar-refractivity contribution in [3.05, 3.63) is 59.7 Å². The van der Waals surface area contributed by atoms with E-state index in [9.17, 15) is 8.78 Å². The Labute approximate surface area is 111 Å². The van der Waals surface area contributed by atoms with Crippen molar-refractivity contribution in [2.45, 2.75) is 6.54 Å². The van der Waals surface area contributed by atoms with E-state index in [2.05, 4.69) is 5.32 Å². The highest BCUT2D eigenvalue weighted by atomic mass is 19.2. The van der Waals surface area contributed by atoms with Gasteiger partial charge in [-0.05, 0) is 24.3 Å². The van der Waals surface area contributed by atoms with E-state index in [0.29, 0.717) is 5.56 Å². The van der Waals surface area contributed by atoms with Crippen LogP contribution in [0.4, 0.5) is 20.2 Å². The second-order valence-corrected chi connectivity index (χ2v) is 4.51. The molecule has 2 rings (SSSR count). The van der Waals surface area contributed by atoms with Crippen LogP contribution in [0, 0.1) is 11.6 Å². The summed E-state index contributed by atoms with van der Waals surface area (Å²) in [6, 6.07) is 11.9. The predicted octanol–water partition coefficient (Wildman–Crippen LogP) is 3.64. The van der Waals surface area contributed by atoms with Crippen LogP contribution in [0.2, 0.25) is 0 Å². The lowest BCUT2D eigenvalue weighted by atomic mass is 10.2. The molecule has 2 aromatic rings. The zero-order chi connectivity index (χ0) is 13.8.